The largest absolute Gasteiger partial charge is 0.398 e. The SMILES string of the molecule is Nc1cc2ccccc2cc1C(=O)NCCc1ccc(Cl)nc1. The van der Waals surface area contributed by atoms with Crippen molar-refractivity contribution in [2.75, 3.05) is 12.3 Å². The Balaban J connectivity index is 1.68. The van der Waals surface area contributed by atoms with Gasteiger partial charge in [-0.3, -0.25) is 4.79 Å². The van der Waals surface area contributed by atoms with Crippen molar-refractivity contribution in [1.29, 1.82) is 0 Å². The molecule has 0 spiro atoms. The first-order valence-corrected chi connectivity index (χ1v) is 7.68. The Morgan fingerprint density at radius 2 is 1.87 bits per heavy atom. The number of amides is 1. The number of nitrogens with one attached hydrogen (secondary N) is 1. The van der Waals surface area contributed by atoms with Gasteiger partial charge < -0.3 is 11.1 Å². The molecule has 0 aliphatic rings. The van der Waals surface area contributed by atoms with E-state index < -0.39 is 0 Å². The summed E-state index contributed by atoms with van der Waals surface area (Å²) in [5, 5.41) is 5.36. The summed E-state index contributed by atoms with van der Waals surface area (Å²) in [4.78, 5) is 16.3. The highest BCUT2D eigenvalue weighted by atomic mass is 35.5. The average Bonchev–Trinajstić information content (AvgIpc) is 2.56. The molecule has 3 N–H and O–H groups in total. The van der Waals surface area contributed by atoms with Gasteiger partial charge in [0, 0.05) is 18.4 Å². The van der Waals surface area contributed by atoms with Crippen LogP contribution in [0.1, 0.15) is 15.9 Å². The van der Waals surface area contributed by atoms with Crippen LogP contribution in [0, 0.1) is 0 Å². The number of rotatable bonds is 4. The fraction of sp³-hybridized carbons (Fsp3) is 0.111. The van der Waals surface area contributed by atoms with Gasteiger partial charge >= 0.3 is 0 Å². The number of pyridine rings is 1. The smallest absolute Gasteiger partial charge is 0.253 e. The molecule has 0 atom stereocenters. The molecule has 0 fully saturated rings. The maximum atomic E-state index is 12.3. The molecular weight excluding hydrogens is 310 g/mol. The van der Waals surface area contributed by atoms with Crippen LogP contribution in [-0.4, -0.2) is 17.4 Å². The van der Waals surface area contributed by atoms with Crippen molar-refractivity contribution in [3.05, 3.63) is 71.0 Å². The first kappa shape index (κ1) is 15.3. The van der Waals surface area contributed by atoms with E-state index in [0.717, 1.165) is 16.3 Å². The summed E-state index contributed by atoms with van der Waals surface area (Å²) >= 11 is 5.75. The summed E-state index contributed by atoms with van der Waals surface area (Å²) < 4.78 is 0. The van der Waals surface area contributed by atoms with Crippen LogP contribution in [0.4, 0.5) is 5.69 Å². The summed E-state index contributed by atoms with van der Waals surface area (Å²) in [6, 6.07) is 15.1. The zero-order valence-corrected chi connectivity index (χ0v) is 13.2. The Bertz CT molecular complexity index is 847. The van der Waals surface area contributed by atoms with Crippen molar-refractivity contribution in [1.82, 2.24) is 10.3 Å². The molecular formula is C18H16ClN3O. The first-order valence-electron chi connectivity index (χ1n) is 7.30. The molecule has 1 aromatic heterocycles. The minimum Gasteiger partial charge on any atom is -0.398 e. The number of carbonyl (C=O) groups is 1. The van der Waals surface area contributed by atoms with Gasteiger partial charge in [-0.15, -0.1) is 0 Å². The van der Waals surface area contributed by atoms with E-state index in [4.69, 9.17) is 17.3 Å². The molecule has 0 aliphatic carbocycles. The fourth-order valence-corrected chi connectivity index (χ4v) is 2.54. The van der Waals surface area contributed by atoms with Gasteiger partial charge in [0.15, 0.2) is 0 Å². The number of carbonyl (C=O) groups excluding carboxylic acids is 1. The van der Waals surface area contributed by atoms with Crippen molar-refractivity contribution in [2.45, 2.75) is 6.42 Å². The lowest BCUT2D eigenvalue weighted by atomic mass is 10.0. The predicted octanol–water partition coefficient (Wildman–Crippen LogP) is 3.44. The van der Waals surface area contributed by atoms with Gasteiger partial charge in [0.25, 0.3) is 5.91 Å². The maximum Gasteiger partial charge on any atom is 0.253 e. The number of fused-ring (bicyclic) bond motifs is 1. The summed E-state index contributed by atoms with van der Waals surface area (Å²) in [6.45, 7) is 0.508. The number of halogens is 1. The molecule has 0 saturated carbocycles. The molecule has 23 heavy (non-hydrogen) atoms. The Kier molecular flexibility index (Phi) is 4.44. The second-order valence-corrected chi connectivity index (χ2v) is 5.67. The van der Waals surface area contributed by atoms with Crippen molar-refractivity contribution in [2.24, 2.45) is 0 Å². The Labute approximate surface area is 139 Å². The van der Waals surface area contributed by atoms with E-state index in [1.54, 1.807) is 12.3 Å². The normalized spacial score (nSPS) is 10.7. The quantitative estimate of drug-likeness (QED) is 0.570. The molecule has 3 aromatic rings. The van der Waals surface area contributed by atoms with E-state index in [1.165, 1.54) is 0 Å². The topological polar surface area (TPSA) is 68.0 Å². The maximum absolute atomic E-state index is 12.3. The Morgan fingerprint density at radius 1 is 1.13 bits per heavy atom. The van der Waals surface area contributed by atoms with Gasteiger partial charge in [0.1, 0.15) is 5.15 Å². The number of anilines is 1. The zero-order valence-electron chi connectivity index (χ0n) is 12.4. The van der Waals surface area contributed by atoms with E-state index in [1.807, 2.05) is 42.5 Å². The summed E-state index contributed by atoms with van der Waals surface area (Å²) in [6.07, 6.45) is 2.39. The number of nitrogen functional groups attached to an aromatic ring is 1. The molecule has 4 nitrogen and oxygen atoms in total. The van der Waals surface area contributed by atoms with Crippen LogP contribution in [-0.2, 0) is 6.42 Å². The highest BCUT2D eigenvalue weighted by Gasteiger charge is 2.10. The first-order chi connectivity index (χ1) is 11.1. The lowest BCUT2D eigenvalue weighted by Crippen LogP contribution is -2.26. The van der Waals surface area contributed by atoms with Crippen LogP contribution in [0.5, 0.6) is 0 Å². The van der Waals surface area contributed by atoms with Gasteiger partial charge in [-0.2, -0.15) is 0 Å². The van der Waals surface area contributed by atoms with Crippen molar-refractivity contribution in [3.63, 3.8) is 0 Å². The predicted molar refractivity (Wildman–Crippen MR) is 93.6 cm³/mol. The molecule has 0 saturated heterocycles. The lowest BCUT2D eigenvalue weighted by molar-refractivity contribution is 0.0955. The number of nitrogens with two attached hydrogens (primary N) is 1. The Hall–Kier alpha value is -2.59. The van der Waals surface area contributed by atoms with Crippen molar-refractivity contribution >= 4 is 34.0 Å². The van der Waals surface area contributed by atoms with E-state index in [-0.39, 0.29) is 5.91 Å². The number of aromatic nitrogens is 1. The van der Waals surface area contributed by atoms with Crippen molar-refractivity contribution in [3.8, 4) is 0 Å². The van der Waals surface area contributed by atoms with Crippen LogP contribution in [0.3, 0.4) is 0 Å². The monoisotopic (exact) mass is 325 g/mol. The average molecular weight is 326 g/mol. The molecule has 2 aromatic carbocycles. The van der Waals surface area contributed by atoms with E-state index in [2.05, 4.69) is 10.3 Å². The van der Waals surface area contributed by atoms with E-state index in [0.29, 0.717) is 29.4 Å². The number of benzene rings is 2. The third-order valence-corrected chi connectivity index (χ3v) is 3.87. The van der Waals surface area contributed by atoms with Crippen LogP contribution in [0.25, 0.3) is 10.8 Å². The summed E-state index contributed by atoms with van der Waals surface area (Å²) in [5.41, 5.74) is 8.00. The molecule has 0 bridgehead atoms. The van der Waals surface area contributed by atoms with Crippen LogP contribution >= 0.6 is 11.6 Å². The zero-order chi connectivity index (χ0) is 16.2. The van der Waals surface area contributed by atoms with E-state index in [9.17, 15) is 4.79 Å². The third-order valence-electron chi connectivity index (χ3n) is 3.65. The van der Waals surface area contributed by atoms with Crippen molar-refractivity contribution < 1.29 is 4.79 Å². The Morgan fingerprint density at radius 3 is 2.57 bits per heavy atom. The van der Waals surface area contributed by atoms with Gasteiger partial charge in [0.05, 0.1) is 5.56 Å². The molecule has 116 valence electrons. The van der Waals surface area contributed by atoms with Crippen LogP contribution < -0.4 is 11.1 Å². The van der Waals surface area contributed by atoms with E-state index >= 15 is 0 Å². The van der Waals surface area contributed by atoms with Gasteiger partial charge in [0.2, 0.25) is 0 Å². The van der Waals surface area contributed by atoms with Crippen LogP contribution in [0.15, 0.2) is 54.7 Å². The second-order valence-electron chi connectivity index (χ2n) is 5.28. The minimum absolute atomic E-state index is 0.171. The third kappa shape index (κ3) is 3.60. The molecule has 0 unspecified atom stereocenters. The summed E-state index contributed by atoms with van der Waals surface area (Å²) in [5.74, 6) is -0.171. The van der Waals surface area contributed by atoms with Gasteiger partial charge in [-0.05, 0) is 41.0 Å². The van der Waals surface area contributed by atoms with Gasteiger partial charge in [-0.1, -0.05) is 41.9 Å². The fourth-order valence-electron chi connectivity index (χ4n) is 2.42. The molecule has 5 heteroatoms. The highest BCUT2D eigenvalue weighted by Crippen LogP contribution is 2.21. The molecule has 1 amide bonds. The van der Waals surface area contributed by atoms with Crippen LogP contribution in [0.2, 0.25) is 5.15 Å². The number of nitrogens with zero attached hydrogens (tertiary/aromatic N) is 1. The molecule has 3 rings (SSSR count). The number of hydrogen-bond donors (Lipinski definition) is 2. The second kappa shape index (κ2) is 6.67. The number of hydrogen-bond acceptors (Lipinski definition) is 3. The lowest BCUT2D eigenvalue weighted by Gasteiger charge is -2.09. The highest BCUT2D eigenvalue weighted by molar-refractivity contribution is 6.29. The minimum atomic E-state index is -0.171. The summed E-state index contributed by atoms with van der Waals surface area (Å²) in [7, 11) is 0. The standard InChI is InChI=1S/C18H16ClN3O/c19-17-6-5-12(11-22-17)7-8-21-18(23)15-9-13-3-1-2-4-14(13)10-16(15)20/h1-6,9-11H,7-8,20H2,(H,21,23). The van der Waals surface area contributed by atoms with Gasteiger partial charge in [-0.25, -0.2) is 4.98 Å². The molecule has 0 aliphatic heterocycles. The molecule has 0 radical (unpaired) electrons. The molecule has 1 heterocycles.